The highest BCUT2D eigenvalue weighted by Gasteiger charge is 2.49. The molecule has 1 spiro atoms. The monoisotopic (exact) mass is 399 g/mol. The molecule has 28 heavy (non-hydrogen) atoms. The van der Waals surface area contributed by atoms with Crippen molar-refractivity contribution < 1.29 is 18.4 Å². The second kappa shape index (κ2) is 6.79. The van der Waals surface area contributed by atoms with Crippen molar-refractivity contribution in [3.63, 3.8) is 0 Å². The summed E-state index contributed by atoms with van der Waals surface area (Å²) in [5.41, 5.74) is 5.37. The summed E-state index contributed by atoms with van der Waals surface area (Å²) in [7, 11) is 0. The lowest BCUT2D eigenvalue weighted by Crippen LogP contribution is -2.62. The Labute approximate surface area is 164 Å². The fraction of sp³-hybridized carbons (Fsp3) is 0.895. The molecule has 2 heterocycles. The summed E-state index contributed by atoms with van der Waals surface area (Å²) in [5, 5.41) is 5.10. The molecule has 7 nitrogen and oxygen atoms in total. The molecule has 2 saturated heterocycles. The highest BCUT2D eigenvalue weighted by atomic mass is 19.3. The number of carbonyl (C=O) groups excluding carboxylic acids is 2. The van der Waals surface area contributed by atoms with Gasteiger partial charge in [0.1, 0.15) is 6.04 Å². The van der Waals surface area contributed by atoms with Gasteiger partial charge in [-0.25, -0.2) is 13.6 Å². The summed E-state index contributed by atoms with van der Waals surface area (Å²) in [6.45, 7) is 4.17. The molecule has 0 unspecified atom stereocenters. The van der Waals surface area contributed by atoms with E-state index in [1.807, 2.05) is 0 Å². The van der Waals surface area contributed by atoms with Gasteiger partial charge in [0.2, 0.25) is 11.8 Å². The van der Waals surface area contributed by atoms with Crippen LogP contribution in [0.1, 0.15) is 51.9 Å². The molecule has 0 bridgehead atoms. The third-order valence-corrected chi connectivity index (χ3v) is 6.59. The molecule has 0 aromatic rings. The maximum Gasteiger partial charge on any atom is 0.318 e. The fourth-order valence-electron chi connectivity index (χ4n) is 4.41. The van der Waals surface area contributed by atoms with Gasteiger partial charge < -0.3 is 21.3 Å². The Balaban J connectivity index is 1.29. The molecule has 2 saturated carbocycles. The topological polar surface area (TPSA) is 90.7 Å². The molecular formula is C19H31F2N5O2. The molecule has 4 aliphatic rings. The predicted molar refractivity (Wildman–Crippen MR) is 99.7 cm³/mol. The smallest absolute Gasteiger partial charge is 0.318 e. The summed E-state index contributed by atoms with van der Waals surface area (Å²) in [4.78, 5) is 29.2. The standard InChI is InChI=1S/C19H31F2N5O2/c1-17(20,21)10-14(15(27)24-19(22)4-5-19)23-16(28)25-8-6-18(7-9-25)11-26(12-18)13-2-3-13/h13-14H,2-12,22H2,1H3,(H,23,28)(H,24,27)/t14-/m0/s1. The Morgan fingerprint density at radius 2 is 1.79 bits per heavy atom. The largest absolute Gasteiger partial charge is 0.336 e. The van der Waals surface area contributed by atoms with Crippen LogP contribution in [0.2, 0.25) is 0 Å². The number of urea groups is 1. The van der Waals surface area contributed by atoms with Gasteiger partial charge in [0.25, 0.3) is 0 Å². The number of amides is 3. The number of halogens is 2. The lowest BCUT2D eigenvalue weighted by atomic mass is 9.72. The molecule has 0 radical (unpaired) electrons. The number of piperidine rings is 1. The van der Waals surface area contributed by atoms with Crippen LogP contribution in [-0.2, 0) is 4.79 Å². The quantitative estimate of drug-likeness (QED) is 0.586. The molecule has 0 aromatic heterocycles. The molecule has 3 amide bonds. The fourth-order valence-corrected chi connectivity index (χ4v) is 4.41. The Morgan fingerprint density at radius 3 is 2.29 bits per heavy atom. The SMILES string of the molecule is CC(F)(F)C[C@H](NC(=O)N1CCC2(CC1)CN(C1CC1)C2)C(=O)NC1(N)CC1. The minimum absolute atomic E-state index is 0.310. The van der Waals surface area contributed by atoms with E-state index >= 15 is 0 Å². The first-order chi connectivity index (χ1) is 13.1. The van der Waals surface area contributed by atoms with Crippen molar-refractivity contribution in [1.29, 1.82) is 0 Å². The van der Waals surface area contributed by atoms with Crippen LogP contribution in [0.5, 0.6) is 0 Å². The summed E-state index contributed by atoms with van der Waals surface area (Å²) in [6, 6.07) is -0.961. The van der Waals surface area contributed by atoms with Gasteiger partial charge >= 0.3 is 6.03 Å². The second-order valence-electron chi connectivity index (χ2n) is 9.55. The molecule has 2 aliphatic carbocycles. The first-order valence-electron chi connectivity index (χ1n) is 10.3. The molecule has 0 aromatic carbocycles. The number of nitrogens with one attached hydrogen (secondary N) is 2. The average Bonchev–Trinajstić information content (AvgIpc) is 3.48. The van der Waals surface area contributed by atoms with Gasteiger partial charge in [-0.15, -0.1) is 0 Å². The van der Waals surface area contributed by atoms with E-state index in [9.17, 15) is 18.4 Å². The lowest BCUT2D eigenvalue weighted by molar-refractivity contribution is -0.126. The molecule has 2 aliphatic heterocycles. The summed E-state index contributed by atoms with van der Waals surface area (Å²) < 4.78 is 27.1. The predicted octanol–water partition coefficient (Wildman–Crippen LogP) is 1.24. The zero-order valence-electron chi connectivity index (χ0n) is 16.5. The Kier molecular flexibility index (Phi) is 4.81. The molecule has 4 N–H and O–H groups in total. The van der Waals surface area contributed by atoms with E-state index in [0.717, 1.165) is 38.9 Å². The van der Waals surface area contributed by atoms with Crippen molar-refractivity contribution in [3.8, 4) is 0 Å². The van der Waals surface area contributed by atoms with Gasteiger partial charge in [0.05, 0.1) is 5.66 Å². The number of rotatable bonds is 6. The van der Waals surface area contributed by atoms with Crippen LogP contribution in [0.3, 0.4) is 0 Å². The first kappa shape index (κ1) is 19.8. The van der Waals surface area contributed by atoms with Gasteiger partial charge in [-0.05, 0) is 50.9 Å². The second-order valence-corrected chi connectivity index (χ2v) is 9.55. The Morgan fingerprint density at radius 1 is 1.18 bits per heavy atom. The minimum atomic E-state index is -3.06. The number of hydrogen-bond donors (Lipinski definition) is 3. The van der Waals surface area contributed by atoms with E-state index in [1.54, 1.807) is 4.90 Å². The number of likely N-dealkylation sites (tertiary alicyclic amines) is 2. The van der Waals surface area contributed by atoms with Crippen molar-refractivity contribution in [1.82, 2.24) is 20.4 Å². The maximum absolute atomic E-state index is 13.6. The normalized spacial score (nSPS) is 27.1. The molecule has 1 atom stereocenters. The lowest BCUT2D eigenvalue weighted by Gasteiger charge is -2.54. The molecular weight excluding hydrogens is 368 g/mol. The van der Waals surface area contributed by atoms with Crippen LogP contribution in [0.15, 0.2) is 0 Å². The summed E-state index contributed by atoms with van der Waals surface area (Å²) in [6.07, 6.45) is 4.96. The van der Waals surface area contributed by atoms with Gasteiger partial charge in [-0.1, -0.05) is 0 Å². The van der Waals surface area contributed by atoms with Crippen molar-refractivity contribution in [2.45, 2.75) is 75.5 Å². The van der Waals surface area contributed by atoms with Crippen molar-refractivity contribution in [2.24, 2.45) is 11.1 Å². The van der Waals surface area contributed by atoms with Crippen LogP contribution in [-0.4, -0.2) is 71.6 Å². The van der Waals surface area contributed by atoms with Crippen LogP contribution < -0.4 is 16.4 Å². The summed E-state index contributed by atoms with van der Waals surface area (Å²) >= 11 is 0. The minimum Gasteiger partial charge on any atom is -0.336 e. The van der Waals surface area contributed by atoms with Gasteiger partial charge in [-0.2, -0.15) is 0 Å². The van der Waals surface area contributed by atoms with Gasteiger partial charge in [-0.3, -0.25) is 9.69 Å². The van der Waals surface area contributed by atoms with Crippen LogP contribution >= 0.6 is 0 Å². The Hall–Kier alpha value is -1.48. The number of nitrogens with zero attached hydrogens (tertiary/aromatic N) is 2. The van der Waals surface area contributed by atoms with Crippen LogP contribution in [0.4, 0.5) is 13.6 Å². The van der Waals surface area contributed by atoms with E-state index in [-0.39, 0.29) is 0 Å². The highest BCUT2D eigenvalue weighted by molar-refractivity contribution is 5.87. The average molecular weight is 399 g/mol. The molecule has 9 heteroatoms. The highest BCUT2D eigenvalue weighted by Crippen LogP contribution is 2.45. The number of hydrogen-bond acceptors (Lipinski definition) is 4. The van der Waals surface area contributed by atoms with E-state index in [2.05, 4.69) is 15.5 Å². The third kappa shape index (κ3) is 4.56. The molecule has 4 fully saturated rings. The van der Waals surface area contributed by atoms with Crippen LogP contribution in [0.25, 0.3) is 0 Å². The zero-order valence-corrected chi connectivity index (χ0v) is 16.5. The van der Waals surface area contributed by atoms with Crippen LogP contribution in [0, 0.1) is 5.41 Å². The van der Waals surface area contributed by atoms with E-state index < -0.39 is 36.0 Å². The van der Waals surface area contributed by atoms with E-state index in [4.69, 9.17) is 5.73 Å². The molecule has 158 valence electrons. The molecule has 4 rings (SSSR count). The zero-order chi connectivity index (χ0) is 20.2. The van der Waals surface area contributed by atoms with Crippen molar-refractivity contribution >= 4 is 11.9 Å². The van der Waals surface area contributed by atoms with Crippen molar-refractivity contribution in [2.75, 3.05) is 26.2 Å². The van der Waals surface area contributed by atoms with Gasteiger partial charge in [0, 0.05) is 38.6 Å². The maximum atomic E-state index is 13.6. The Bertz CT molecular complexity index is 629. The summed E-state index contributed by atoms with van der Waals surface area (Å²) in [5.74, 6) is -3.70. The van der Waals surface area contributed by atoms with Crippen molar-refractivity contribution in [3.05, 3.63) is 0 Å². The van der Waals surface area contributed by atoms with E-state index in [0.29, 0.717) is 31.3 Å². The van der Waals surface area contributed by atoms with E-state index in [1.165, 1.54) is 12.8 Å². The first-order valence-corrected chi connectivity index (χ1v) is 10.3. The number of alkyl halides is 2. The third-order valence-electron chi connectivity index (χ3n) is 6.59. The van der Waals surface area contributed by atoms with Gasteiger partial charge in [0.15, 0.2) is 0 Å². The number of nitrogens with two attached hydrogens (primary N) is 1. The number of carbonyl (C=O) groups is 2.